The second-order valence-corrected chi connectivity index (χ2v) is 13.1. The van der Waals surface area contributed by atoms with Gasteiger partial charge in [0.25, 0.3) is 0 Å². The van der Waals surface area contributed by atoms with Crippen molar-refractivity contribution in [3.05, 3.63) is 36.0 Å². The van der Waals surface area contributed by atoms with Crippen LogP contribution in [0.15, 0.2) is 36.0 Å². The fourth-order valence-corrected chi connectivity index (χ4v) is 6.04. The minimum atomic E-state index is -0.458. The number of hydrogen-bond donors (Lipinski definition) is 1. The summed E-state index contributed by atoms with van der Waals surface area (Å²) in [6.45, 7) is 10.8. The fourth-order valence-electron chi connectivity index (χ4n) is 5.58. The van der Waals surface area contributed by atoms with Gasteiger partial charge in [0, 0.05) is 45.2 Å². The van der Waals surface area contributed by atoms with E-state index in [2.05, 4.69) is 37.4 Å². The van der Waals surface area contributed by atoms with E-state index >= 15 is 0 Å². The molecule has 3 rings (SSSR count). The molecule has 3 aliphatic heterocycles. The second kappa shape index (κ2) is 16.1. The highest BCUT2D eigenvalue weighted by Crippen LogP contribution is 2.43. The first kappa shape index (κ1) is 34.4. The lowest BCUT2D eigenvalue weighted by atomic mass is 9.88. The first-order chi connectivity index (χ1) is 19.9. The van der Waals surface area contributed by atoms with Crippen LogP contribution in [-0.2, 0) is 33.3 Å². The molecule has 0 bridgehead atoms. The molecule has 0 aromatic rings. The van der Waals surface area contributed by atoms with E-state index in [9.17, 15) is 14.4 Å². The van der Waals surface area contributed by atoms with Crippen LogP contribution in [0.3, 0.4) is 0 Å². The van der Waals surface area contributed by atoms with Gasteiger partial charge in [-0.05, 0) is 51.9 Å². The van der Waals surface area contributed by atoms with Gasteiger partial charge < -0.3 is 29.2 Å². The quantitative estimate of drug-likeness (QED) is 0.144. The summed E-state index contributed by atoms with van der Waals surface area (Å²) in [5.41, 5.74) is 0.989. The maximum atomic E-state index is 12.7. The zero-order valence-electron chi connectivity index (χ0n) is 26.3. The summed E-state index contributed by atoms with van der Waals surface area (Å²) >= 11 is 1.74. The first-order valence-electron chi connectivity index (χ1n) is 15.1. The van der Waals surface area contributed by atoms with Crippen LogP contribution in [0.4, 0.5) is 0 Å². The summed E-state index contributed by atoms with van der Waals surface area (Å²) in [6, 6.07) is -0.0898. The maximum Gasteiger partial charge on any atom is 0.303 e. The molecule has 3 heterocycles. The van der Waals surface area contributed by atoms with E-state index in [1.165, 1.54) is 13.0 Å². The number of rotatable bonds is 13. The van der Waals surface area contributed by atoms with Crippen molar-refractivity contribution in [1.82, 2.24) is 10.2 Å². The van der Waals surface area contributed by atoms with Gasteiger partial charge in [-0.15, -0.1) is 0 Å². The van der Waals surface area contributed by atoms with E-state index in [0.29, 0.717) is 6.42 Å². The van der Waals surface area contributed by atoms with Crippen LogP contribution in [-0.4, -0.2) is 97.1 Å². The summed E-state index contributed by atoms with van der Waals surface area (Å²) in [6.07, 6.45) is 14.2. The molecule has 0 saturated carbocycles. The van der Waals surface area contributed by atoms with Gasteiger partial charge in [-0.3, -0.25) is 14.4 Å². The van der Waals surface area contributed by atoms with Crippen molar-refractivity contribution < 1.29 is 33.3 Å². The van der Waals surface area contributed by atoms with Crippen LogP contribution in [0.5, 0.6) is 0 Å². The predicted octanol–water partition coefficient (Wildman–Crippen LogP) is 4.21. The van der Waals surface area contributed by atoms with Gasteiger partial charge >= 0.3 is 5.97 Å². The number of carbonyl (C=O) groups excluding carboxylic acids is 3. The van der Waals surface area contributed by atoms with Gasteiger partial charge in [0.1, 0.15) is 6.10 Å². The fraction of sp³-hybridized carbons (Fsp3) is 0.719. The Labute approximate surface area is 255 Å². The molecule has 0 unspecified atom stereocenters. The minimum Gasteiger partial charge on any atom is -0.459 e. The molecule has 1 N–H and O–H groups in total. The molecule has 2 amide bonds. The van der Waals surface area contributed by atoms with Crippen LogP contribution in [0.1, 0.15) is 66.7 Å². The van der Waals surface area contributed by atoms with Gasteiger partial charge in [-0.1, -0.05) is 30.7 Å². The monoisotopic (exact) mass is 606 g/mol. The second-order valence-electron chi connectivity index (χ2n) is 12.1. The van der Waals surface area contributed by atoms with Crippen LogP contribution < -0.4 is 5.32 Å². The Morgan fingerprint density at radius 3 is 2.57 bits per heavy atom. The predicted molar refractivity (Wildman–Crippen MR) is 165 cm³/mol. The van der Waals surface area contributed by atoms with Crippen molar-refractivity contribution in [1.29, 1.82) is 0 Å². The highest BCUT2D eigenvalue weighted by atomic mass is 32.2. The number of ether oxygens (including phenoxy) is 4. The van der Waals surface area contributed by atoms with E-state index in [0.717, 1.165) is 50.2 Å². The lowest BCUT2D eigenvalue weighted by molar-refractivity contribution is -0.143. The van der Waals surface area contributed by atoms with Crippen molar-refractivity contribution in [3.8, 4) is 0 Å². The summed E-state index contributed by atoms with van der Waals surface area (Å²) in [5, 5.41) is 3.03. The zero-order chi connectivity index (χ0) is 30.9. The number of amides is 2. The maximum absolute atomic E-state index is 12.7. The van der Waals surface area contributed by atoms with E-state index in [4.69, 9.17) is 18.9 Å². The molecule has 3 fully saturated rings. The molecule has 0 radical (unpaired) electrons. The topological polar surface area (TPSA) is 107 Å². The normalized spacial score (nSPS) is 32.2. The van der Waals surface area contributed by atoms with E-state index in [-0.39, 0.29) is 59.8 Å². The van der Waals surface area contributed by atoms with Gasteiger partial charge in [-0.25, -0.2) is 0 Å². The van der Waals surface area contributed by atoms with Crippen molar-refractivity contribution in [2.24, 2.45) is 5.92 Å². The number of hydrogen-bond acceptors (Lipinski definition) is 8. The molecule has 0 aliphatic carbocycles. The number of nitrogens with one attached hydrogen (secondary N) is 1. The SMILES string of the molecule is CSCCN(C)C(=O)C[C@@H]1C[C@@]2(CO2)C[C@@H](/C=C/C(C)=C/C[C@@H]2O[C@H](C)[C@H](NC(=O)/C=C\[C@H](C)OC(C)=O)C[C@@H]2C)O1. The Hall–Kier alpha value is -2.14. The Bertz CT molecular complexity index is 1020. The highest BCUT2D eigenvalue weighted by Gasteiger charge is 2.51. The van der Waals surface area contributed by atoms with E-state index in [1.54, 1.807) is 29.7 Å². The molecule has 8 atom stereocenters. The number of epoxide rings is 1. The number of esters is 1. The Morgan fingerprint density at radius 1 is 1.17 bits per heavy atom. The standard InChI is InChI=1S/C32H50N2O7S/c1-21(8-11-26-18-32(20-38-32)19-27(41-26)17-31(37)34(6)14-15-42-7)9-12-29-22(2)16-28(24(4)40-29)33-30(36)13-10-23(3)39-25(5)35/h8-11,13,22-24,26-29H,12,14-20H2,1-7H3,(H,33,36)/b11-8+,13-10-,21-9+/t22-,23-,24+,26+,27+,28+,29-,32+/m0/s1. The number of carbonyl (C=O) groups is 3. The molecule has 3 aliphatic rings. The minimum absolute atomic E-state index is 0.0589. The third kappa shape index (κ3) is 11.2. The lowest BCUT2D eigenvalue weighted by Gasteiger charge is -2.39. The van der Waals surface area contributed by atoms with Crippen molar-refractivity contribution in [3.63, 3.8) is 0 Å². The van der Waals surface area contributed by atoms with Gasteiger partial charge in [0.05, 0.1) is 49.1 Å². The summed E-state index contributed by atoms with van der Waals surface area (Å²) < 4.78 is 23.5. The zero-order valence-corrected chi connectivity index (χ0v) is 27.1. The molecule has 10 heteroatoms. The third-order valence-corrected chi connectivity index (χ3v) is 8.80. The van der Waals surface area contributed by atoms with Gasteiger partial charge in [0.2, 0.25) is 11.8 Å². The molecule has 1 spiro atoms. The molecule has 236 valence electrons. The smallest absolute Gasteiger partial charge is 0.303 e. The van der Waals surface area contributed by atoms with E-state index < -0.39 is 6.10 Å². The molecule has 42 heavy (non-hydrogen) atoms. The van der Waals surface area contributed by atoms with Crippen molar-refractivity contribution in [2.45, 2.75) is 109 Å². The van der Waals surface area contributed by atoms with Crippen molar-refractivity contribution in [2.75, 3.05) is 32.2 Å². The van der Waals surface area contributed by atoms with Crippen LogP contribution in [0.2, 0.25) is 0 Å². The summed E-state index contributed by atoms with van der Waals surface area (Å²) in [5.74, 6) is 0.708. The van der Waals surface area contributed by atoms with E-state index in [1.807, 2.05) is 20.2 Å². The Morgan fingerprint density at radius 2 is 1.90 bits per heavy atom. The largest absolute Gasteiger partial charge is 0.459 e. The molecule has 3 saturated heterocycles. The summed E-state index contributed by atoms with van der Waals surface area (Å²) in [4.78, 5) is 37.9. The average Bonchev–Trinajstić information content (AvgIpc) is 3.67. The molecule has 0 aromatic carbocycles. The van der Waals surface area contributed by atoms with Crippen LogP contribution in [0, 0.1) is 5.92 Å². The van der Waals surface area contributed by atoms with Crippen molar-refractivity contribution >= 4 is 29.5 Å². The molecular formula is C32H50N2O7S. The summed E-state index contributed by atoms with van der Waals surface area (Å²) in [7, 11) is 1.86. The number of allylic oxidation sites excluding steroid dienone is 2. The Balaban J connectivity index is 1.47. The van der Waals surface area contributed by atoms with Gasteiger partial charge in [0.15, 0.2) is 0 Å². The average molecular weight is 607 g/mol. The van der Waals surface area contributed by atoms with Gasteiger partial charge in [-0.2, -0.15) is 11.8 Å². The number of thioether (sulfide) groups is 1. The first-order valence-corrected chi connectivity index (χ1v) is 16.5. The van der Waals surface area contributed by atoms with Crippen LogP contribution in [0.25, 0.3) is 0 Å². The molecule has 0 aromatic heterocycles. The van der Waals surface area contributed by atoms with Crippen LogP contribution >= 0.6 is 11.8 Å². The molecule has 9 nitrogen and oxygen atoms in total. The molecular weight excluding hydrogens is 556 g/mol. The third-order valence-electron chi connectivity index (χ3n) is 8.21. The lowest BCUT2D eigenvalue weighted by Crippen LogP contribution is -2.50. The number of nitrogens with zero attached hydrogens (tertiary/aromatic N) is 1. The highest BCUT2D eigenvalue weighted by molar-refractivity contribution is 7.98. The Kier molecular flexibility index (Phi) is 13.1.